The Kier molecular flexibility index (Phi) is 45.3. The number of unbranched alkanes of at least 4 members (excludes halogenated alkanes) is 2. The SMILES string of the molecule is CCOC(=O)CCC/C=C\C[C@@H]1[C@@H](C(C[C@H](CCc2ccccc2)O[Si](CC)(CC)CC)S(=O)(=O)c2ccccc2)[C@H](O[Si](CC)(CC)CC)C[C@@H]1O[Si](CC)(CC)CC.CC[Si](CC)(CC)O[C@@H](CCc1ccccc1)CC([C@@H]1[C@@H](C/C=C\CCCC23OCC(C)(CO2)CO3)[C@@H](O[Si](CC)(CC)CC)C[C@H]1O[Si](CC)(CC)CC)S(=O)(=O)c1ccccc1. The summed E-state index contributed by atoms with van der Waals surface area (Å²) >= 11 is 0. The summed E-state index contributed by atoms with van der Waals surface area (Å²) in [5.74, 6) is -1.76. The first-order valence-corrected chi connectivity index (χ1v) is 67.9. The first kappa shape index (κ1) is 108. The molecule has 4 aromatic carbocycles. The summed E-state index contributed by atoms with van der Waals surface area (Å²) in [6.45, 7) is 47.4. The molecule has 0 spiro atoms. The van der Waals surface area contributed by atoms with Gasteiger partial charge in [0, 0.05) is 42.3 Å². The van der Waals surface area contributed by atoms with Gasteiger partial charge >= 0.3 is 5.97 Å². The summed E-state index contributed by atoms with van der Waals surface area (Å²) in [6.07, 6.45) is 19.1. The minimum absolute atomic E-state index is 0.0400. The van der Waals surface area contributed by atoms with E-state index >= 15 is 16.8 Å². The number of aryl methyl sites for hydroxylation is 2. The topological polar surface area (TPSA) is 178 Å². The van der Waals surface area contributed by atoms with Crippen LogP contribution in [0.3, 0.4) is 0 Å². The van der Waals surface area contributed by atoms with E-state index in [1.54, 1.807) is 24.3 Å². The molecule has 3 heterocycles. The van der Waals surface area contributed by atoms with Crippen LogP contribution in [-0.2, 0) is 82.8 Å². The van der Waals surface area contributed by atoms with Crippen molar-refractivity contribution in [1.82, 2.24) is 0 Å². The fraction of sp³-hybridized carbons (Fsp3) is 0.713. The highest BCUT2D eigenvalue weighted by molar-refractivity contribution is 7.92. The Hall–Kier alpha value is -3.33. The number of sulfone groups is 2. The van der Waals surface area contributed by atoms with Crippen LogP contribution in [0.1, 0.15) is 239 Å². The number of esters is 1. The fourth-order valence-electron chi connectivity index (χ4n) is 20.9. The molecule has 9 rings (SSSR count). The minimum atomic E-state index is -3.87. The molecule has 0 radical (unpaired) electrons. The third kappa shape index (κ3) is 29.1. The van der Waals surface area contributed by atoms with E-state index in [0.717, 1.165) is 167 Å². The van der Waals surface area contributed by atoms with Gasteiger partial charge in [-0.25, -0.2) is 16.8 Å². The quantitative estimate of drug-likeness (QED) is 0.0176. The van der Waals surface area contributed by atoms with Gasteiger partial charge in [0.25, 0.3) is 5.97 Å². The molecule has 4 aromatic rings. The van der Waals surface area contributed by atoms with Crippen molar-refractivity contribution in [1.29, 1.82) is 0 Å². The summed E-state index contributed by atoms with van der Waals surface area (Å²) in [4.78, 5) is 12.9. The van der Waals surface area contributed by atoms with Crippen LogP contribution in [0.2, 0.25) is 109 Å². The second-order valence-corrected chi connectivity index (χ2v) is 69.9. The lowest BCUT2D eigenvalue weighted by Crippen LogP contribution is -2.58. The highest BCUT2D eigenvalue weighted by Gasteiger charge is 2.58. The molecule has 124 heavy (non-hydrogen) atoms. The normalized spacial score (nSPS) is 23.4. The zero-order valence-electron chi connectivity index (χ0n) is 81.1. The van der Waals surface area contributed by atoms with E-state index in [-0.39, 0.29) is 71.7 Å². The van der Waals surface area contributed by atoms with Crippen molar-refractivity contribution in [2.45, 2.75) is 413 Å². The molecule has 2 bridgehead atoms. The molecule has 0 amide bonds. The minimum Gasteiger partial charge on any atom is -0.466 e. The van der Waals surface area contributed by atoms with Gasteiger partial charge in [0.2, 0.25) is 0 Å². The molecule has 3 saturated heterocycles. The molecule has 3 aliphatic heterocycles. The summed E-state index contributed by atoms with van der Waals surface area (Å²) in [7, 11) is -20.6. The van der Waals surface area contributed by atoms with Gasteiger partial charge in [-0.2, -0.15) is 0 Å². The molecule has 0 N–H and O–H groups in total. The van der Waals surface area contributed by atoms with Gasteiger partial charge in [0.1, 0.15) is 0 Å². The van der Waals surface area contributed by atoms with Crippen LogP contribution in [0.5, 0.6) is 0 Å². The lowest BCUT2D eigenvalue weighted by atomic mass is 9.85. The monoisotopic (exact) mass is 1860 g/mol. The number of carbonyl (C=O) groups excluding carboxylic acids is 1. The number of ether oxygens (including phenoxy) is 4. The molecule has 702 valence electrons. The third-order valence-corrected chi connectivity index (χ3v) is 63.3. The lowest BCUT2D eigenvalue weighted by Gasteiger charge is -2.50. The average Bonchev–Trinajstić information content (AvgIpc) is 1.53. The Labute approximate surface area is 762 Å². The molecule has 2 aliphatic carbocycles. The second-order valence-electron chi connectivity index (χ2n) is 37.2. The second kappa shape index (κ2) is 52.2. The maximum absolute atomic E-state index is 15.8. The summed E-state index contributed by atoms with van der Waals surface area (Å²) in [5.41, 5.74) is 2.44. The maximum atomic E-state index is 15.8. The highest BCUT2D eigenvalue weighted by Crippen LogP contribution is 2.52. The van der Waals surface area contributed by atoms with E-state index < -0.39 is 86.1 Å². The van der Waals surface area contributed by atoms with Crippen LogP contribution in [0, 0.1) is 29.1 Å². The van der Waals surface area contributed by atoms with Gasteiger partial charge in [-0.05, 0) is 253 Å². The van der Waals surface area contributed by atoms with Crippen molar-refractivity contribution in [2.75, 3.05) is 26.4 Å². The molecule has 0 aromatic heterocycles. The van der Waals surface area contributed by atoms with E-state index in [9.17, 15) is 4.79 Å². The van der Waals surface area contributed by atoms with Crippen LogP contribution in [0.4, 0.5) is 0 Å². The molecule has 2 unspecified atom stereocenters. The van der Waals surface area contributed by atoms with E-state index in [1.807, 2.05) is 43.3 Å². The number of carbonyl (C=O) groups is 1. The Morgan fingerprint density at radius 2 is 0.702 bits per heavy atom. The smallest absolute Gasteiger partial charge is 0.305 e. The standard InChI is InChI=1S/C52H88O8SSi3.C49H84O7SSi3/c1-11-62(12-2,13-3)58-44(36-35-43-30-24-22-25-31-43)38-49(61(53,54)45-32-26-23-27-33-45)50-46(34-28-20-21-29-37-52-55-40-51(10,41-56-52)42-57-52)47(59-63(14-4,15-5)16-6)39-48(50)60-64(17-7,18-8)19-9;1-11-53-48(50)36-30-22-21-29-35-44-45(55-59(15-5,16-6)17-7)40-46(56-60(18-8,19-9)20-10)49(44)47(57(51,52)43-33-27-24-28-34-43)39-42(54-58(12-2,13-3)14-4)38-37-41-31-25-23-26-32-41/h20,22-28,30-33,44,46-50H,11-19,21,29,34-42H2,1-10H3;21,23-29,31-34,42,44-47,49H,11-20,22,30,35-40H2,1-10H3/b28-20-;29-21-/t44-,46-,47-,48+,49?,50+,51?,52?;42-,44-,45-,46+,47?,49+/m00/s1. The number of hydrogen-bond donors (Lipinski definition) is 0. The molecule has 5 fully saturated rings. The summed E-state index contributed by atoms with van der Waals surface area (Å²) < 4.78 is 132. The van der Waals surface area contributed by atoms with Crippen LogP contribution < -0.4 is 0 Å². The molecular weight excluding hydrogens is 1690 g/mol. The van der Waals surface area contributed by atoms with Crippen molar-refractivity contribution in [3.63, 3.8) is 0 Å². The zero-order chi connectivity index (χ0) is 90.7. The van der Waals surface area contributed by atoms with Gasteiger partial charge in [-0.3, -0.25) is 4.79 Å². The largest absolute Gasteiger partial charge is 0.466 e. The number of hydrogen-bond acceptors (Lipinski definition) is 15. The summed E-state index contributed by atoms with van der Waals surface area (Å²) in [5, 5.41) is -1.44. The van der Waals surface area contributed by atoms with Crippen molar-refractivity contribution in [2.24, 2.45) is 29.1 Å². The molecular formula is C101H172O15S2Si6. The maximum Gasteiger partial charge on any atom is 0.305 e. The van der Waals surface area contributed by atoms with Gasteiger partial charge < -0.3 is 45.5 Å². The molecule has 2 saturated carbocycles. The molecule has 15 nitrogen and oxygen atoms in total. The number of fused-ring (bicyclic) bond motifs is 3. The zero-order valence-corrected chi connectivity index (χ0v) is 88.7. The van der Waals surface area contributed by atoms with E-state index in [1.165, 1.54) is 11.1 Å². The van der Waals surface area contributed by atoms with Gasteiger partial charge in [-0.1, -0.05) is 253 Å². The lowest BCUT2D eigenvalue weighted by molar-refractivity contribution is -0.467. The first-order valence-electron chi connectivity index (χ1n) is 49.6. The van der Waals surface area contributed by atoms with E-state index in [4.69, 9.17) is 45.5 Å². The highest BCUT2D eigenvalue weighted by atomic mass is 32.2. The number of rotatable bonds is 59. The van der Waals surface area contributed by atoms with Crippen LogP contribution in [0.15, 0.2) is 155 Å². The van der Waals surface area contributed by atoms with Crippen molar-refractivity contribution in [3.05, 3.63) is 157 Å². The van der Waals surface area contributed by atoms with Crippen molar-refractivity contribution >= 4 is 75.5 Å². The Balaban J connectivity index is 0.000000342. The molecule has 12 atom stereocenters. The summed E-state index contributed by atoms with van der Waals surface area (Å²) in [6, 6.07) is 57.9. The van der Waals surface area contributed by atoms with Crippen LogP contribution in [0.25, 0.3) is 0 Å². The van der Waals surface area contributed by atoms with Crippen molar-refractivity contribution in [3.8, 4) is 0 Å². The van der Waals surface area contributed by atoms with E-state index in [2.05, 4.69) is 217 Å². The van der Waals surface area contributed by atoms with Crippen LogP contribution >= 0.6 is 0 Å². The molecule has 5 aliphatic rings. The third-order valence-electron chi connectivity index (χ3n) is 30.7. The predicted molar refractivity (Wildman–Crippen MR) is 530 cm³/mol. The van der Waals surface area contributed by atoms with Crippen molar-refractivity contribution < 1.29 is 67.1 Å². The predicted octanol–water partition coefficient (Wildman–Crippen LogP) is 26.9. The Morgan fingerprint density at radius 1 is 0.403 bits per heavy atom. The average molecular weight is 1860 g/mol. The van der Waals surface area contributed by atoms with Gasteiger partial charge in [0.05, 0.1) is 71.1 Å². The van der Waals surface area contributed by atoms with E-state index in [0.29, 0.717) is 81.2 Å². The number of benzene rings is 4. The Morgan fingerprint density at radius 3 is 1.01 bits per heavy atom. The first-order chi connectivity index (χ1) is 59.5. The van der Waals surface area contributed by atoms with Gasteiger partial charge in [0.15, 0.2) is 69.6 Å². The fourth-order valence-corrected chi connectivity index (χ4v) is 42.6. The Bertz CT molecular complexity index is 3860. The van der Waals surface area contributed by atoms with Gasteiger partial charge in [-0.15, -0.1) is 0 Å². The number of allylic oxidation sites excluding steroid dienone is 4. The molecule has 23 heteroatoms. The van der Waals surface area contributed by atoms with Crippen LogP contribution in [-0.4, -0.2) is 152 Å².